The van der Waals surface area contributed by atoms with Crippen LogP contribution < -0.4 is 0 Å². The summed E-state index contributed by atoms with van der Waals surface area (Å²) in [6, 6.07) is 0. The fourth-order valence-corrected chi connectivity index (χ4v) is 1.50. The van der Waals surface area contributed by atoms with Crippen LogP contribution >= 0.6 is 0 Å². The highest BCUT2D eigenvalue weighted by Gasteiger charge is 2.35. The van der Waals surface area contributed by atoms with Crippen molar-refractivity contribution in [2.24, 2.45) is 0 Å². The standard InChI is InChI=1S/C10H18BNO4/c1-10(2,3)16-9(13)12-7-5-4-6-8(12)11(14)15/h4-5,8,14-15H,6-7H2,1-3H3. The van der Waals surface area contributed by atoms with E-state index in [9.17, 15) is 4.79 Å². The molecule has 0 bridgehead atoms. The van der Waals surface area contributed by atoms with Gasteiger partial charge >= 0.3 is 13.2 Å². The Bertz CT molecular complexity index is 285. The van der Waals surface area contributed by atoms with Gasteiger partial charge in [-0.05, 0) is 27.2 Å². The molecular formula is C10H18BNO4. The molecule has 1 atom stereocenters. The third-order valence-electron chi connectivity index (χ3n) is 2.22. The van der Waals surface area contributed by atoms with Crippen LogP contribution in [-0.4, -0.2) is 46.2 Å². The number of rotatable bonds is 1. The largest absolute Gasteiger partial charge is 0.476 e. The zero-order valence-corrected chi connectivity index (χ0v) is 9.88. The van der Waals surface area contributed by atoms with Gasteiger partial charge in [-0.15, -0.1) is 0 Å². The molecule has 90 valence electrons. The molecule has 16 heavy (non-hydrogen) atoms. The van der Waals surface area contributed by atoms with Gasteiger partial charge in [0.2, 0.25) is 0 Å². The van der Waals surface area contributed by atoms with Gasteiger partial charge in [0, 0.05) is 6.54 Å². The zero-order valence-electron chi connectivity index (χ0n) is 9.88. The Balaban J connectivity index is 2.69. The van der Waals surface area contributed by atoms with Crippen LogP contribution in [0.5, 0.6) is 0 Å². The van der Waals surface area contributed by atoms with E-state index in [1.54, 1.807) is 20.8 Å². The first kappa shape index (κ1) is 13.1. The number of ether oxygens (including phenoxy) is 1. The molecule has 0 aromatic heterocycles. The van der Waals surface area contributed by atoms with Crippen molar-refractivity contribution in [3.8, 4) is 0 Å². The van der Waals surface area contributed by atoms with Crippen LogP contribution in [-0.2, 0) is 4.74 Å². The van der Waals surface area contributed by atoms with E-state index in [0.717, 1.165) is 0 Å². The predicted octanol–water partition coefficient (Wildman–Crippen LogP) is 0.564. The molecule has 0 spiro atoms. The molecule has 0 saturated heterocycles. The van der Waals surface area contributed by atoms with E-state index in [4.69, 9.17) is 14.8 Å². The fourth-order valence-electron chi connectivity index (χ4n) is 1.50. The van der Waals surface area contributed by atoms with Gasteiger partial charge < -0.3 is 19.7 Å². The van der Waals surface area contributed by atoms with Gasteiger partial charge in [-0.1, -0.05) is 12.2 Å². The lowest BCUT2D eigenvalue weighted by atomic mass is 9.75. The summed E-state index contributed by atoms with van der Waals surface area (Å²) in [5.41, 5.74) is -0.580. The van der Waals surface area contributed by atoms with Gasteiger partial charge in [0.05, 0.1) is 5.94 Å². The van der Waals surface area contributed by atoms with E-state index in [0.29, 0.717) is 13.0 Å². The monoisotopic (exact) mass is 227 g/mol. The van der Waals surface area contributed by atoms with Gasteiger partial charge in [-0.3, -0.25) is 0 Å². The van der Waals surface area contributed by atoms with Crippen molar-refractivity contribution in [1.82, 2.24) is 4.90 Å². The lowest BCUT2D eigenvalue weighted by Gasteiger charge is -2.33. The SMILES string of the molecule is CC(C)(C)OC(=O)N1CC=CCC1B(O)O. The van der Waals surface area contributed by atoms with E-state index in [2.05, 4.69) is 0 Å². The molecule has 2 N–H and O–H groups in total. The zero-order chi connectivity index (χ0) is 12.3. The third kappa shape index (κ3) is 3.54. The molecule has 1 unspecified atom stereocenters. The second kappa shape index (κ2) is 4.89. The molecule has 5 nitrogen and oxygen atoms in total. The maximum absolute atomic E-state index is 11.8. The number of carbonyl (C=O) groups is 1. The topological polar surface area (TPSA) is 70.0 Å². The van der Waals surface area contributed by atoms with Crippen molar-refractivity contribution in [3.63, 3.8) is 0 Å². The minimum Gasteiger partial charge on any atom is -0.444 e. The maximum Gasteiger partial charge on any atom is 0.476 e. The molecule has 0 aromatic carbocycles. The highest BCUT2D eigenvalue weighted by molar-refractivity contribution is 6.43. The molecule has 0 fully saturated rings. The van der Waals surface area contributed by atoms with Crippen molar-refractivity contribution in [1.29, 1.82) is 0 Å². The predicted molar refractivity (Wildman–Crippen MR) is 60.7 cm³/mol. The summed E-state index contributed by atoms with van der Waals surface area (Å²) in [5.74, 6) is -0.625. The van der Waals surface area contributed by atoms with Crippen molar-refractivity contribution in [3.05, 3.63) is 12.2 Å². The van der Waals surface area contributed by atoms with Crippen LogP contribution in [0.3, 0.4) is 0 Å². The summed E-state index contributed by atoms with van der Waals surface area (Å²) in [6.45, 7) is 5.66. The minimum atomic E-state index is -1.54. The summed E-state index contributed by atoms with van der Waals surface area (Å²) >= 11 is 0. The lowest BCUT2D eigenvalue weighted by molar-refractivity contribution is 0.0213. The van der Waals surface area contributed by atoms with Crippen LogP contribution in [0, 0.1) is 0 Å². The van der Waals surface area contributed by atoms with Crippen molar-refractivity contribution in [2.75, 3.05) is 6.54 Å². The van der Waals surface area contributed by atoms with Crippen LogP contribution in [0.1, 0.15) is 27.2 Å². The van der Waals surface area contributed by atoms with Crippen LogP contribution in [0.2, 0.25) is 0 Å². The molecule has 1 aliphatic heterocycles. The normalized spacial score (nSPS) is 20.8. The average Bonchev–Trinajstić information content (AvgIpc) is 2.15. The van der Waals surface area contributed by atoms with E-state index >= 15 is 0 Å². The van der Waals surface area contributed by atoms with Crippen LogP contribution in [0.25, 0.3) is 0 Å². The Kier molecular flexibility index (Phi) is 3.99. The fraction of sp³-hybridized carbons (Fsp3) is 0.700. The van der Waals surface area contributed by atoms with Gasteiger partial charge in [-0.2, -0.15) is 0 Å². The second-order valence-corrected chi connectivity index (χ2v) is 4.82. The summed E-state index contributed by atoms with van der Waals surface area (Å²) in [6.07, 6.45) is 3.54. The highest BCUT2D eigenvalue weighted by atomic mass is 16.6. The lowest BCUT2D eigenvalue weighted by Crippen LogP contribution is -2.52. The molecule has 1 rings (SSSR count). The van der Waals surface area contributed by atoms with Crippen molar-refractivity contribution >= 4 is 13.2 Å². The van der Waals surface area contributed by atoms with E-state index < -0.39 is 24.8 Å². The second-order valence-electron chi connectivity index (χ2n) is 4.82. The molecular weight excluding hydrogens is 209 g/mol. The first-order valence-electron chi connectivity index (χ1n) is 5.32. The minimum absolute atomic E-state index is 0.344. The number of hydrogen-bond donors (Lipinski definition) is 2. The highest BCUT2D eigenvalue weighted by Crippen LogP contribution is 2.17. The molecule has 6 heteroatoms. The molecule has 0 saturated carbocycles. The van der Waals surface area contributed by atoms with Gasteiger partial charge in [-0.25, -0.2) is 4.79 Å². The Morgan fingerprint density at radius 3 is 2.56 bits per heavy atom. The van der Waals surface area contributed by atoms with E-state index in [1.165, 1.54) is 4.90 Å². The molecule has 0 radical (unpaired) electrons. The van der Waals surface area contributed by atoms with Crippen molar-refractivity contribution in [2.45, 2.75) is 38.7 Å². The van der Waals surface area contributed by atoms with E-state index in [1.807, 2.05) is 12.2 Å². The Morgan fingerprint density at radius 1 is 1.44 bits per heavy atom. The summed E-state index contributed by atoms with van der Waals surface area (Å²) < 4.78 is 5.19. The molecule has 1 aliphatic rings. The van der Waals surface area contributed by atoms with Gasteiger partial charge in [0.15, 0.2) is 0 Å². The third-order valence-corrected chi connectivity index (χ3v) is 2.22. The quantitative estimate of drug-likeness (QED) is 0.507. The van der Waals surface area contributed by atoms with Crippen molar-refractivity contribution < 1.29 is 19.6 Å². The van der Waals surface area contributed by atoms with Crippen LogP contribution in [0.15, 0.2) is 12.2 Å². The Morgan fingerprint density at radius 2 is 2.06 bits per heavy atom. The molecule has 1 heterocycles. The summed E-state index contributed by atoms with van der Waals surface area (Å²) in [5, 5.41) is 18.3. The van der Waals surface area contributed by atoms with E-state index in [-0.39, 0.29) is 0 Å². The first-order valence-corrected chi connectivity index (χ1v) is 5.32. The first-order chi connectivity index (χ1) is 7.31. The maximum atomic E-state index is 11.8. The number of carbonyl (C=O) groups excluding carboxylic acids is 1. The number of amides is 1. The molecule has 1 amide bonds. The summed E-state index contributed by atoms with van der Waals surface area (Å²) in [7, 11) is -1.54. The number of nitrogens with zero attached hydrogens (tertiary/aromatic N) is 1. The van der Waals surface area contributed by atoms with Gasteiger partial charge in [0.25, 0.3) is 0 Å². The average molecular weight is 227 g/mol. The molecule has 0 aliphatic carbocycles. The smallest absolute Gasteiger partial charge is 0.444 e. The summed E-state index contributed by atoms with van der Waals surface area (Å²) in [4.78, 5) is 13.1. The Hall–Kier alpha value is -1.01. The van der Waals surface area contributed by atoms with Crippen LogP contribution in [0.4, 0.5) is 4.79 Å². The Labute approximate surface area is 95.8 Å². The molecule has 0 aromatic rings. The van der Waals surface area contributed by atoms with Gasteiger partial charge in [0.1, 0.15) is 5.60 Å². The number of hydrogen-bond acceptors (Lipinski definition) is 4.